The molecule has 28 heavy (non-hydrogen) atoms. The van der Waals surface area contributed by atoms with E-state index in [-0.39, 0.29) is 17.9 Å². The first-order valence-electron chi connectivity index (χ1n) is 9.78. The number of nitrogens with one attached hydrogen (secondary N) is 2. The summed E-state index contributed by atoms with van der Waals surface area (Å²) in [6.45, 7) is 3.90. The van der Waals surface area contributed by atoms with E-state index in [0.717, 1.165) is 24.0 Å². The maximum atomic E-state index is 12.4. The molecular weight excluding hydrogens is 354 g/mol. The van der Waals surface area contributed by atoms with E-state index in [1.165, 1.54) is 12.8 Å². The molecule has 0 spiro atoms. The van der Waals surface area contributed by atoms with Crippen LogP contribution < -0.4 is 15.4 Å². The molecule has 1 aromatic heterocycles. The SMILES string of the molecule is Cc1cccc(C(=O)N[C@H](C)C(=O)NCc2cccnc2OC2CCCC2)c1. The second-order valence-corrected chi connectivity index (χ2v) is 7.27. The Kier molecular flexibility index (Phi) is 6.63. The van der Waals surface area contributed by atoms with E-state index in [1.807, 2.05) is 31.2 Å². The lowest BCUT2D eigenvalue weighted by Crippen LogP contribution is -2.44. The van der Waals surface area contributed by atoms with E-state index in [9.17, 15) is 9.59 Å². The predicted octanol–water partition coefficient (Wildman–Crippen LogP) is 3.15. The van der Waals surface area contributed by atoms with E-state index >= 15 is 0 Å². The standard InChI is InChI=1S/C22H27N3O3/c1-15-7-5-8-17(13-15)21(27)25-16(2)20(26)24-14-18-9-6-12-23-22(18)28-19-10-3-4-11-19/h5-9,12-13,16,19H,3-4,10-11,14H2,1-2H3,(H,24,26)(H,25,27)/t16-/m1/s1. The Bertz CT molecular complexity index is 831. The minimum absolute atomic E-state index is 0.205. The van der Waals surface area contributed by atoms with E-state index < -0.39 is 6.04 Å². The molecule has 0 radical (unpaired) electrons. The van der Waals surface area contributed by atoms with E-state index in [1.54, 1.807) is 25.3 Å². The van der Waals surface area contributed by atoms with Crippen molar-refractivity contribution in [2.75, 3.05) is 0 Å². The number of aryl methyl sites for hydroxylation is 1. The van der Waals surface area contributed by atoms with Crippen molar-refractivity contribution in [3.05, 3.63) is 59.3 Å². The lowest BCUT2D eigenvalue weighted by molar-refractivity contribution is -0.122. The zero-order valence-corrected chi connectivity index (χ0v) is 16.4. The van der Waals surface area contributed by atoms with Gasteiger partial charge in [0.1, 0.15) is 12.1 Å². The summed E-state index contributed by atoms with van der Waals surface area (Å²) < 4.78 is 6.00. The van der Waals surface area contributed by atoms with Crippen LogP contribution in [0, 0.1) is 6.92 Å². The Morgan fingerprint density at radius 3 is 2.75 bits per heavy atom. The number of aromatic nitrogens is 1. The van der Waals surface area contributed by atoms with Gasteiger partial charge in [0.15, 0.2) is 0 Å². The van der Waals surface area contributed by atoms with Crippen LogP contribution in [0.5, 0.6) is 5.88 Å². The second kappa shape index (κ2) is 9.35. The molecule has 148 valence electrons. The molecule has 2 N–H and O–H groups in total. The highest BCUT2D eigenvalue weighted by Gasteiger charge is 2.20. The largest absolute Gasteiger partial charge is 0.474 e. The molecule has 0 saturated heterocycles. The minimum Gasteiger partial charge on any atom is -0.474 e. The van der Waals surface area contributed by atoms with Crippen molar-refractivity contribution in [3.63, 3.8) is 0 Å². The molecule has 1 aliphatic rings. The Morgan fingerprint density at radius 2 is 2.00 bits per heavy atom. The summed E-state index contributed by atoms with van der Waals surface area (Å²) in [5.41, 5.74) is 2.37. The number of pyridine rings is 1. The van der Waals surface area contributed by atoms with Crippen molar-refractivity contribution in [2.24, 2.45) is 0 Å². The summed E-state index contributed by atoms with van der Waals surface area (Å²) in [6.07, 6.45) is 6.36. The van der Waals surface area contributed by atoms with Crippen LogP contribution in [0.25, 0.3) is 0 Å². The van der Waals surface area contributed by atoms with E-state index in [4.69, 9.17) is 4.74 Å². The van der Waals surface area contributed by atoms with Gasteiger partial charge < -0.3 is 15.4 Å². The third-order valence-electron chi connectivity index (χ3n) is 4.90. The monoisotopic (exact) mass is 381 g/mol. The number of amides is 2. The summed E-state index contributed by atoms with van der Waals surface area (Å²) in [4.78, 5) is 29.0. The van der Waals surface area contributed by atoms with Gasteiger partial charge in [-0.2, -0.15) is 0 Å². The molecule has 0 unspecified atom stereocenters. The Hall–Kier alpha value is -2.89. The van der Waals surface area contributed by atoms with Crippen molar-refractivity contribution in [1.29, 1.82) is 0 Å². The molecule has 6 heteroatoms. The van der Waals surface area contributed by atoms with Crippen molar-refractivity contribution in [1.82, 2.24) is 15.6 Å². The maximum Gasteiger partial charge on any atom is 0.251 e. The van der Waals surface area contributed by atoms with E-state index in [2.05, 4.69) is 15.6 Å². The number of nitrogens with zero attached hydrogens (tertiary/aromatic N) is 1. The van der Waals surface area contributed by atoms with Crippen molar-refractivity contribution < 1.29 is 14.3 Å². The third-order valence-corrected chi connectivity index (χ3v) is 4.90. The van der Waals surface area contributed by atoms with Crippen LogP contribution in [0.3, 0.4) is 0 Å². The fourth-order valence-electron chi connectivity index (χ4n) is 3.30. The van der Waals surface area contributed by atoms with Gasteiger partial charge in [-0.15, -0.1) is 0 Å². The van der Waals surface area contributed by atoms with Crippen LogP contribution in [-0.4, -0.2) is 28.9 Å². The van der Waals surface area contributed by atoms with Gasteiger partial charge in [-0.05, 0) is 57.7 Å². The molecule has 1 atom stereocenters. The molecule has 6 nitrogen and oxygen atoms in total. The van der Waals surface area contributed by atoms with E-state index in [0.29, 0.717) is 18.0 Å². The maximum absolute atomic E-state index is 12.4. The molecule has 1 saturated carbocycles. The van der Waals surface area contributed by atoms with Gasteiger partial charge in [0.05, 0.1) is 0 Å². The lowest BCUT2D eigenvalue weighted by atomic mass is 10.1. The molecule has 2 aromatic rings. The first kappa shape index (κ1) is 19.9. The van der Waals surface area contributed by atoms with Crippen molar-refractivity contribution in [2.45, 2.75) is 58.2 Å². The highest BCUT2D eigenvalue weighted by atomic mass is 16.5. The molecule has 3 rings (SSSR count). The number of benzene rings is 1. The number of hydrogen-bond donors (Lipinski definition) is 2. The number of carbonyl (C=O) groups excluding carboxylic acids is 2. The fourth-order valence-corrected chi connectivity index (χ4v) is 3.30. The molecule has 1 aliphatic carbocycles. The van der Waals surface area contributed by atoms with Gasteiger partial charge in [0, 0.05) is 23.9 Å². The normalized spacial score (nSPS) is 15.1. The molecule has 1 heterocycles. The van der Waals surface area contributed by atoms with Gasteiger partial charge in [0.2, 0.25) is 11.8 Å². The molecule has 1 fully saturated rings. The summed E-state index contributed by atoms with van der Waals surface area (Å²) in [7, 11) is 0. The van der Waals surface area contributed by atoms with Crippen LogP contribution in [-0.2, 0) is 11.3 Å². The Morgan fingerprint density at radius 1 is 1.21 bits per heavy atom. The Balaban J connectivity index is 1.54. The number of rotatable bonds is 7. The van der Waals surface area contributed by atoms with Crippen LogP contribution in [0.4, 0.5) is 0 Å². The lowest BCUT2D eigenvalue weighted by Gasteiger charge is -2.17. The van der Waals surface area contributed by atoms with Gasteiger partial charge in [0.25, 0.3) is 5.91 Å². The summed E-state index contributed by atoms with van der Waals surface area (Å²) in [5.74, 6) is 0.0563. The predicted molar refractivity (Wildman–Crippen MR) is 107 cm³/mol. The number of carbonyl (C=O) groups is 2. The first-order valence-corrected chi connectivity index (χ1v) is 9.78. The van der Waals surface area contributed by atoms with Crippen LogP contribution in [0.2, 0.25) is 0 Å². The van der Waals surface area contributed by atoms with Gasteiger partial charge in [-0.25, -0.2) is 4.98 Å². The number of hydrogen-bond acceptors (Lipinski definition) is 4. The number of ether oxygens (including phenoxy) is 1. The molecule has 0 aliphatic heterocycles. The zero-order valence-electron chi connectivity index (χ0n) is 16.4. The van der Waals surface area contributed by atoms with Gasteiger partial charge >= 0.3 is 0 Å². The molecule has 1 aromatic carbocycles. The zero-order chi connectivity index (χ0) is 19.9. The average Bonchev–Trinajstić information content (AvgIpc) is 3.20. The summed E-state index contributed by atoms with van der Waals surface area (Å²) in [6, 6.07) is 10.3. The topological polar surface area (TPSA) is 80.3 Å². The van der Waals surface area contributed by atoms with Crippen LogP contribution in [0.1, 0.15) is 54.1 Å². The first-order chi connectivity index (χ1) is 13.5. The average molecular weight is 381 g/mol. The molecular formula is C22H27N3O3. The highest BCUT2D eigenvalue weighted by molar-refractivity contribution is 5.97. The summed E-state index contributed by atoms with van der Waals surface area (Å²) >= 11 is 0. The molecule has 0 bridgehead atoms. The smallest absolute Gasteiger partial charge is 0.251 e. The third kappa shape index (κ3) is 5.31. The minimum atomic E-state index is -0.649. The highest BCUT2D eigenvalue weighted by Crippen LogP contribution is 2.24. The summed E-state index contributed by atoms with van der Waals surface area (Å²) in [5, 5.41) is 5.59. The quantitative estimate of drug-likeness (QED) is 0.772. The fraction of sp³-hybridized carbons (Fsp3) is 0.409. The van der Waals surface area contributed by atoms with Crippen molar-refractivity contribution >= 4 is 11.8 Å². The van der Waals surface area contributed by atoms with Crippen LogP contribution >= 0.6 is 0 Å². The second-order valence-electron chi connectivity index (χ2n) is 7.27. The van der Waals surface area contributed by atoms with Gasteiger partial charge in [-0.1, -0.05) is 23.8 Å². The molecule has 2 amide bonds. The Labute approximate surface area is 165 Å². The van der Waals surface area contributed by atoms with Gasteiger partial charge in [-0.3, -0.25) is 9.59 Å². The van der Waals surface area contributed by atoms with Crippen molar-refractivity contribution in [3.8, 4) is 5.88 Å². The van der Waals surface area contributed by atoms with Crippen LogP contribution in [0.15, 0.2) is 42.6 Å².